The minimum atomic E-state index is -0.408. The maximum absolute atomic E-state index is 12.0. The first-order chi connectivity index (χ1) is 8.33. The fraction of sp³-hybridized carbons (Fsp3) is 0.929. The molecule has 4 heteroatoms. The molecule has 1 fully saturated rings. The number of carbonyl (C=O) groups excluding carboxylic acids is 1. The Hall–Kier alpha value is -0.770. The summed E-state index contributed by atoms with van der Waals surface area (Å²) in [5.41, 5.74) is -0.408. The van der Waals surface area contributed by atoms with Crippen LogP contribution in [0.5, 0.6) is 0 Å². The summed E-state index contributed by atoms with van der Waals surface area (Å²) in [4.78, 5) is 16.2. The van der Waals surface area contributed by atoms with Crippen LogP contribution in [0.15, 0.2) is 0 Å². The zero-order valence-electron chi connectivity index (χ0n) is 12.5. The van der Waals surface area contributed by atoms with Crippen LogP contribution in [0.3, 0.4) is 0 Å². The van der Waals surface area contributed by atoms with E-state index in [1.54, 1.807) is 4.90 Å². The number of piperidine rings is 1. The van der Waals surface area contributed by atoms with Gasteiger partial charge in [0.2, 0.25) is 0 Å². The molecular weight excluding hydrogens is 228 g/mol. The predicted molar refractivity (Wildman–Crippen MR) is 73.8 cm³/mol. The number of nitrogens with zero attached hydrogens (tertiary/aromatic N) is 2. The van der Waals surface area contributed by atoms with Gasteiger partial charge in [-0.3, -0.25) is 0 Å². The minimum absolute atomic E-state index is 0.198. The minimum Gasteiger partial charge on any atom is -0.444 e. The van der Waals surface area contributed by atoms with Gasteiger partial charge in [-0.1, -0.05) is 6.92 Å². The van der Waals surface area contributed by atoms with Crippen LogP contribution < -0.4 is 0 Å². The monoisotopic (exact) mass is 256 g/mol. The van der Waals surface area contributed by atoms with Gasteiger partial charge in [-0.2, -0.15) is 0 Å². The van der Waals surface area contributed by atoms with E-state index in [0.717, 1.165) is 25.9 Å². The third-order valence-corrected chi connectivity index (χ3v) is 3.33. The van der Waals surface area contributed by atoms with Crippen LogP contribution in [0.1, 0.15) is 47.0 Å². The number of rotatable bonds is 3. The van der Waals surface area contributed by atoms with Crippen molar-refractivity contribution in [3.63, 3.8) is 0 Å². The fourth-order valence-electron chi connectivity index (χ4n) is 2.33. The van der Waals surface area contributed by atoms with Crippen LogP contribution in [-0.4, -0.2) is 54.2 Å². The Kier molecular flexibility index (Phi) is 5.45. The van der Waals surface area contributed by atoms with E-state index >= 15 is 0 Å². The highest BCUT2D eigenvalue weighted by molar-refractivity contribution is 5.68. The molecule has 0 aliphatic carbocycles. The first-order valence-electron chi connectivity index (χ1n) is 7.01. The van der Waals surface area contributed by atoms with Crippen molar-refractivity contribution in [2.75, 3.05) is 26.7 Å². The molecule has 0 radical (unpaired) electrons. The van der Waals surface area contributed by atoms with Crippen molar-refractivity contribution >= 4 is 6.09 Å². The van der Waals surface area contributed by atoms with Crippen molar-refractivity contribution in [3.05, 3.63) is 0 Å². The Labute approximate surface area is 111 Å². The van der Waals surface area contributed by atoms with Gasteiger partial charge in [0.15, 0.2) is 0 Å². The molecule has 0 saturated carbocycles. The van der Waals surface area contributed by atoms with Crippen molar-refractivity contribution in [3.8, 4) is 0 Å². The Morgan fingerprint density at radius 3 is 2.33 bits per heavy atom. The second kappa shape index (κ2) is 6.41. The van der Waals surface area contributed by atoms with Crippen molar-refractivity contribution in [2.24, 2.45) is 0 Å². The van der Waals surface area contributed by atoms with Gasteiger partial charge in [0.05, 0.1) is 0 Å². The lowest BCUT2D eigenvalue weighted by molar-refractivity contribution is 0.0153. The SMILES string of the molecule is CCCN1CCC(N(C)C(=O)OC(C)(C)C)CC1. The zero-order valence-corrected chi connectivity index (χ0v) is 12.5. The summed E-state index contributed by atoms with van der Waals surface area (Å²) in [5.74, 6) is 0. The van der Waals surface area contributed by atoms with E-state index < -0.39 is 5.60 Å². The molecule has 1 aliphatic heterocycles. The van der Waals surface area contributed by atoms with Gasteiger partial charge in [-0.05, 0) is 46.6 Å². The summed E-state index contributed by atoms with van der Waals surface area (Å²) in [6.07, 6.45) is 3.11. The fourth-order valence-corrected chi connectivity index (χ4v) is 2.33. The lowest BCUT2D eigenvalue weighted by Gasteiger charge is -2.37. The van der Waals surface area contributed by atoms with E-state index in [0.29, 0.717) is 6.04 Å². The normalized spacial score (nSPS) is 18.7. The number of carbonyl (C=O) groups is 1. The highest BCUT2D eigenvalue weighted by Gasteiger charge is 2.28. The van der Waals surface area contributed by atoms with Gasteiger partial charge < -0.3 is 14.5 Å². The summed E-state index contributed by atoms with van der Waals surface area (Å²) in [5, 5.41) is 0. The Balaban J connectivity index is 2.40. The molecule has 0 atom stereocenters. The van der Waals surface area contributed by atoms with Crippen LogP contribution in [0.25, 0.3) is 0 Å². The van der Waals surface area contributed by atoms with Gasteiger partial charge >= 0.3 is 6.09 Å². The molecule has 0 bridgehead atoms. The third kappa shape index (κ3) is 4.84. The summed E-state index contributed by atoms with van der Waals surface area (Å²) < 4.78 is 5.40. The molecule has 1 amide bonds. The first kappa shape index (κ1) is 15.3. The smallest absolute Gasteiger partial charge is 0.410 e. The second-order valence-corrected chi connectivity index (χ2v) is 6.16. The summed E-state index contributed by atoms with van der Waals surface area (Å²) in [6.45, 7) is 11.3. The molecule has 0 aromatic heterocycles. The molecule has 1 heterocycles. The molecule has 1 saturated heterocycles. The molecule has 1 aliphatic rings. The largest absolute Gasteiger partial charge is 0.444 e. The molecule has 0 N–H and O–H groups in total. The number of hydrogen-bond donors (Lipinski definition) is 0. The Bertz CT molecular complexity index is 265. The highest BCUT2D eigenvalue weighted by Crippen LogP contribution is 2.18. The Morgan fingerprint density at radius 1 is 1.33 bits per heavy atom. The number of hydrogen-bond acceptors (Lipinski definition) is 3. The van der Waals surface area contributed by atoms with Crippen LogP contribution in [0.2, 0.25) is 0 Å². The summed E-state index contributed by atoms with van der Waals surface area (Å²) >= 11 is 0. The maximum atomic E-state index is 12.0. The molecule has 0 aromatic rings. The van der Waals surface area contributed by atoms with E-state index in [1.807, 2.05) is 27.8 Å². The number of likely N-dealkylation sites (tertiary alicyclic amines) is 1. The van der Waals surface area contributed by atoms with Crippen molar-refractivity contribution in [1.29, 1.82) is 0 Å². The molecule has 4 nitrogen and oxygen atoms in total. The molecule has 0 spiro atoms. The molecule has 0 aromatic carbocycles. The van der Waals surface area contributed by atoms with E-state index in [2.05, 4.69) is 11.8 Å². The quantitative estimate of drug-likeness (QED) is 0.778. The predicted octanol–water partition coefficient (Wildman–Crippen LogP) is 2.73. The van der Waals surface area contributed by atoms with E-state index in [1.165, 1.54) is 13.0 Å². The van der Waals surface area contributed by atoms with E-state index in [4.69, 9.17) is 4.74 Å². The molecule has 106 valence electrons. The van der Waals surface area contributed by atoms with Gasteiger partial charge in [0.1, 0.15) is 5.60 Å². The maximum Gasteiger partial charge on any atom is 0.410 e. The van der Waals surface area contributed by atoms with Crippen LogP contribution in [0.4, 0.5) is 4.79 Å². The van der Waals surface area contributed by atoms with Crippen LogP contribution >= 0.6 is 0 Å². The summed E-state index contributed by atoms with van der Waals surface area (Å²) in [6, 6.07) is 0.327. The highest BCUT2D eigenvalue weighted by atomic mass is 16.6. The zero-order chi connectivity index (χ0) is 13.8. The van der Waals surface area contributed by atoms with Crippen molar-refractivity contribution in [1.82, 2.24) is 9.80 Å². The van der Waals surface area contributed by atoms with E-state index in [9.17, 15) is 4.79 Å². The van der Waals surface area contributed by atoms with Crippen molar-refractivity contribution in [2.45, 2.75) is 58.6 Å². The Morgan fingerprint density at radius 2 is 1.89 bits per heavy atom. The van der Waals surface area contributed by atoms with Crippen molar-refractivity contribution < 1.29 is 9.53 Å². The standard InChI is InChI=1S/C14H28N2O2/c1-6-9-16-10-7-12(8-11-16)15(5)13(17)18-14(2,3)4/h12H,6-11H2,1-5H3. The van der Waals surface area contributed by atoms with Gasteiger partial charge in [-0.25, -0.2) is 4.79 Å². The first-order valence-corrected chi connectivity index (χ1v) is 7.01. The number of amides is 1. The average Bonchev–Trinajstić information content (AvgIpc) is 2.27. The van der Waals surface area contributed by atoms with Crippen LogP contribution in [-0.2, 0) is 4.74 Å². The lowest BCUT2D eigenvalue weighted by Crippen LogP contribution is -2.47. The van der Waals surface area contributed by atoms with Gasteiger partial charge in [0.25, 0.3) is 0 Å². The second-order valence-electron chi connectivity index (χ2n) is 6.16. The van der Waals surface area contributed by atoms with Gasteiger partial charge in [0, 0.05) is 26.2 Å². The van der Waals surface area contributed by atoms with Gasteiger partial charge in [-0.15, -0.1) is 0 Å². The average molecular weight is 256 g/mol. The van der Waals surface area contributed by atoms with Crippen LogP contribution in [0, 0.1) is 0 Å². The number of ether oxygens (including phenoxy) is 1. The molecule has 1 rings (SSSR count). The molecular formula is C14H28N2O2. The molecule has 0 unspecified atom stereocenters. The van der Waals surface area contributed by atoms with E-state index in [-0.39, 0.29) is 6.09 Å². The summed E-state index contributed by atoms with van der Waals surface area (Å²) in [7, 11) is 1.86. The third-order valence-electron chi connectivity index (χ3n) is 3.33. The topological polar surface area (TPSA) is 32.8 Å². The lowest BCUT2D eigenvalue weighted by atomic mass is 10.0. The molecule has 18 heavy (non-hydrogen) atoms.